The Hall–Kier alpha value is -6.64. The van der Waals surface area contributed by atoms with Gasteiger partial charge in [0.1, 0.15) is 0 Å². The average Bonchev–Trinajstić information content (AvgIpc) is 3.54. The van der Waals surface area contributed by atoms with Crippen molar-refractivity contribution in [1.82, 2.24) is 4.57 Å². The fourth-order valence-corrected chi connectivity index (χ4v) is 7.28. The Balaban J connectivity index is 1.24. The van der Waals surface area contributed by atoms with Gasteiger partial charge in [-0.3, -0.25) is 0 Å². The predicted octanol–water partition coefficient (Wildman–Crippen LogP) is 13.3. The molecule has 0 aliphatic carbocycles. The first-order valence-corrected chi connectivity index (χ1v) is 17.1. The van der Waals surface area contributed by atoms with Crippen molar-refractivity contribution in [3.63, 3.8) is 0 Å². The molecule has 9 rings (SSSR count). The van der Waals surface area contributed by atoms with Gasteiger partial charge in [0.2, 0.25) is 0 Å². The Morgan fingerprint density at radius 2 is 0.800 bits per heavy atom. The van der Waals surface area contributed by atoms with E-state index < -0.39 is 0 Å². The van der Waals surface area contributed by atoms with Crippen LogP contribution in [0.1, 0.15) is 0 Å². The first kappa shape index (κ1) is 29.5. The molecule has 2 nitrogen and oxygen atoms in total. The van der Waals surface area contributed by atoms with Crippen molar-refractivity contribution in [3.8, 4) is 39.1 Å². The van der Waals surface area contributed by atoms with E-state index in [1.807, 2.05) is 0 Å². The maximum atomic E-state index is 2.42. The molecule has 0 unspecified atom stereocenters. The molecular formula is C48H34N2. The maximum Gasteiger partial charge on any atom is 0.0541 e. The summed E-state index contributed by atoms with van der Waals surface area (Å²) in [5.74, 6) is 0. The molecule has 50 heavy (non-hydrogen) atoms. The summed E-state index contributed by atoms with van der Waals surface area (Å²) in [5.41, 5.74) is 14.0. The molecule has 0 spiro atoms. The smallest absolute Gasteiger partial charge is 0.0541 e. The van der Waals surface area contributed by atoms with Crippen LogP contribution in [0.3, 0.4) is 0 Å². The number of fused-ring (bicyclic) bond motifs is 3. The van der Waals surface area contributed by atoms with E-state index in [2.05, 4.69) is 216 Å². The minimum absolute atomic E-state index is 1.10. The molecule has 0 fully saturated rings. The number of aromatic nitrogens is 1. The first-order valence-electron chi connectivity index (χ1n) is 17.1. The summed E-state index contributed by atoms with van der Waals surface area (Å²) in [6.45, 7) is 0. The van der Waals surface area contributed by atoms with Gasteiger partial charge < -0.3 is 9.47 Å². The molecule has 1 aromatic heterocycles. The monoisotopic (exact) mass is 638 g/mol. The molecule has 0 saturated carbocycles. The minimum Gasteiger partial charge on any atom is -0.310 e. The van der Waals surface area contributed by atoms with Crippen molar-refractivity contribution in [2.75, 3.05) is 4.90 Å². The zero-order valence-corrected chi connectivity index (χ0v) is 27.5. The van der Waals surface area contributed by atoms with Crippen LogP contribution < -0.4 is 4.90 Å². The highest BCUT2D eigenvalue weighted by Crippen LogP contribution is 2.44. The molecule has 2 heteroatoms. The van der Waals surface area contributed by atoms with Crippen LogP contribution in [-0.4, -0.2) is 4.57 Å². The highest BCUT2D eigenvalue weighted by molar-refractivity contribution is 6.09. The van der Waals surface area contributed by atoms with Gasteiger partial charge in [0, 0.05) is 33.3 Å². The fraction of sp³-hybridized carbons (Fsp3) is 0. The quantitative estimate of drug-likeness (QED) is 0.169. The van der Waals surface area contributed by atoms with Gasteiger partial charge in [0.05, 0.1) is 22.4 Å². The van der Waals surface area contributed by atoms with Gasteiger partial charge in [-0.1, -0.05) is 152 Å². The Morgan fingerprint density at radius 3 is 1.46 bits per heavy atom. The molecule has 0 amide bonds. The lowest BCUT2D eigenvalue weighted by Gasteiger charge is -2.28. The van der Waals surface area contributed by atoms with Gasteiger partial charge in [-0.2, -0.15) is 0 Å². The summed E-state index contributed by atoms with van der Waals surface area (Å²) < 4.78 is 2.42. The molecule has 8 aromatic carbocycles. The first-order chi connectivity index (χ1) is 24.8. The van der Waals surface area contributed by atoms with Crippen LogP contribution >= 0.6 is 0 Å². The highest BCUT2D eigenvalue weighted by atomic mass is 15.1. The summed E-state index contributed by atoms with van der Waals surface area (Å²) >= 11 is 0. The van der Waals surface area contributed by atoms with E-state index in [1.54, 1.807) is 0 Å². The highest BCUT2D eigenvalue weighted by Gasteiger charge is 2.20. The molecule has 0 atom stereocenters. The van der Waals surface area contributed by atoms with E-state index >= 15 is 0 Å². The van der Waals surface area contributed by atoms with E-state index in [-0.39, 0.29) is 0 Å². The molecule has 1 heterocycles. The van der Waals surface area contributed by atoms with Crippen molar-refractivity contribution >= 4 is 38.9 Å². The number of rotatable bonds is 7. The van der Waals surface area contributed by atoms with Crippen molar-refractivity contribution in [3.05, 3.63) is 206 Å². The largest absolute Gasteiger partial charge is 0.310 e. The summed E-state index contributed by atoms with van der Waals surface area (Å²) in [6, 6.07) is 74.0. The zero-order chi connectivity index (χ0) is 33.3. The van der Waals surface area contributed by atoms with Gasteiger partial charge >= 0.3 is 0 Å². The number of para-hydroxylation sites is 4. The topological polar surface area (TPSA) is 8.17 Å². The lowest BCUT2D eigenvalue weighted by atomic mass is 9.95. The van der Waals surface area contributed by atoms with E-state index in [1.165, 1.54) is 44.1 Å². The number of hydrogen-bond donors (Lipinski definition) is 0. The molecule has 0 saturated heterocycles. The maximum absolute atomic E-state index is 2.42. The summed E-state index contributed by atoms with van der Waals surface area (Å²) in [6.07, 6.45) is 0. The second-order valence-electron chi connectivity index (χ2n) is 12.6. The van der Waals surface area contributed by atoms with E-state index in [4.69, 9.17) is 0 Å². The Morgan fingerprint density at radius 1 is 0.320 bits per heavy atom. The fourth-order valence-electron chi connectivity index (χ4n) is 7.28. The second-order valence-corrected chi connectivity index (χ2v) is 12.6. The van der Waals surface area contributed by atoms with Crippen molar-refractivity contribution in [2.24, 2.45) is 0 Å². The molecule has 9 aromatic rings. The summed E-state index contributed by atoms with van der Waals surface area (Å²) in [4.78, 5) is 2.37. The number of hydrogen-bond acceptors (Lipinski definition) is 1. The van der Waals surface area contributed by atoms with Crippen LogP contribution in [0.25, 0.3) is 60.9 Å². The van der Waals surface area contributed by atoms with Crippen LogP contribution in [0.4, 0.5) is 17.1 Å². The van der Waals surface area contributed by atoms with Gasteiger partial charge in [-0.15, -0.1) is 0 Å². The van der Waals surface area contributed by atoms with Crippen LogP contribution in [0.2, 0.25) is 0 Å². The van der Waals surface area contributed by atoms with Crippen molar-refractivity contribution in [1.29, 1.82) is 0 Å². The SMILES string of the molecule is c1ccc(-c2ccc(N(c3ccccc3)c3ccc(-c4ccccc4-n4c5ccccc5c5ccccc54)cc3-c3ccccc3)cc2)cc1. The number of nitrogens with zero attached hydrogens (tertiary/aromatic N) is 2. The number of benzene rings is 8. The third-order valence-corrected chi connectivity index (χ3v) is 9.61. The van der Waals surface area contributed by atoms with Crippen LogP contribution in [0.15, 0.2) is 206 Å². The molecular weight excluding hydrogens is 605 g/mol. The summed E-state index contributed by atoms with van der Waals surface area (Å²) in [5, 5.41) is 2.52. The predicted molar refractivity (Wildman–Crippen MR) is 212 cm³/mol. The Labute approximate surface area is 292 Å². The third kappa shape index (κ3) is 5.24. The van der Waals surface area contributed by atoms with Crippen LogP contribution in [0.5, 0.6) is 0 Å². The van der Waals surface area contributed by atoms with Crippen LogP contribution in [0, 0.1) is 0 Å². The second kappa shape index (κ2) is 12.8. The summed E-state index contributed by atoms with van der Waals surface area (Å²) in [7, 11) is 0. The Kier molecular flexibility index (Phi) is 7.53. The van der Waals surface area contributed by atoms with Gasteiger partial charge in [-0.25, -0.2) is 0 Å². The molecule has 0 radical (unpaired) electrons. The standard InChI is InChI=1S/C48H34N2/c1-4-16-35(17-5-1)36-28-31-40(32-29-36)49(39-20-8-3-9-21-39)48-33-30-38(34-44(48)37-18-6-2-7-19-37)41-22-10-13-25-45(41)50-46-26-14-11-23-42(46)43-24-12-15-27-47(43)50/h1-34H. The minimum atomic E-state index is 1.10. The van der Waals surface area contributed by atoms with Gasteiger partial charge in [0.15, 0.2) is 0 Å². The van der Waals surface area contributed by atoms with E-state index in [0.29, 0.717) is 0 Å². The Bertz CT molecular complexity index is 2510. The third-order valence-electron chi connectivity index (χ3n) is 9.61. The number of anilines is 3. The molecule has 0 aliphatic rings. The molecule has 0 N–H and O–H groups in total. The molecule has 0 bridgehead atoms. The van der Waals surface area contributed by atoms with Crippen molar-refractivity contribution in [2.45, 2.75) is 0 Å². The lowest BCUT2D eigenvalue weighted by molar-refractivity contribution is 1.18. The van der Waals surface area contributed by atoms with Gasteiger partial charge in [0.25, 0.3) is 0 Å². The normalized spacial score (nSPS) is 11.2. The van der Waals surface area contributed by atoms with E-state index in [9.17, 15) is 0 Å². The molecule has 236 valence electrons. The average molecular weight is 639 g/mol. The van der Waals surface area contributed by atoms with Crippen LogP contribution in [-0.2, 0) is 0 Å². The zero-order valence-electron chi connectivity index (χ0n) is 27.5. The van der Waals surface area contributed by atoms with Gasteiger partial charge in [-0.05, 0) is 76.9 Å². The van der Waals surface area contributed by atoms with E-state index in [0.717, 1.165) is 33.9 Å². The molecule has 0 aliphatic heterocycles. The lowest BCUT2D eigenvalue weighted by Crippen LogP contribution is -2.11. The van der Waals surface area contributed by atoms with Crippen molar-refractivity contribution < 1.29 is 0 Å².